The van der Waals surface area contributed by atoms with Gasteiger partial charge in [-0.05, 0) is 12.1 Å². The van der Waals surface area contributed by atoms with Crippen LogP contribution < -0.4 is 5.73 Å². The lowest BCUT2D eigenvalue weighted by Gasteiger charge is -2.00. The molecule has 0 aliphatic rings. The normalized spacial score (nSPS) is 10.8. The standard InChI is InChI=1S/C10H8F3N3/c11-7-1-5(2-8(12)9(7)13)10-15-4-6(3-14)16-10/h1-2,4H,3,14H2,(H,15,16). The predicted octanol–water partition coefficient (Wildman–Crippen LogP) is 1.95. The molecule has 16 heavy (non-hydrogen) atoms. The van der Waals surface area contributed by atoms with Gasteiger partial charge in [0.25, 0.3) is 0 Å². The van der Waals surface area contributed by atoms with Gasteiger partial charge in [0.05, 0.1) is 0 Å². The van der Waals surface area contributed by atoms with Crippen LogP contribution in [0.15, 0.2) is 18.3 Å². The predicted molar refractivity (Wildman–Crippen MR) is 51.8 cm³/mol. The van der Waals surface area contributed by atoms with E-state index < -0.39 is 17.5 Å². The number of hydrogen-bond acceptors (Lipinski definition) is 2. The average Bonchev–Trinajstić information content (AvgIpc) is 2.73. The Labute approximate surface area is 89.1 Å². The molecule has 0 spiro atoms. The summed E-state index contributed by atoms with van der Waals surface area (Å²) in [5, 5.41) is 0. The van der Waals surface area contributed by atoms with Crippen molar-refractivity contribution >= 4 is 0 Å². The van der Waals surface area contributed by atoms with Crippen LogP contribution in [0.2, 0.25) is 0 Å². The van der Waals surface area contributed by atoms with Crippen molar-refractivity contribution < 1.29 is 13.2 Å². The van der Waals surface area contributed by atoms with Crippen LogP contribution in [-0.4, -0.2) is 9.97 Å². The largest absolute Gasteiger partial charge is 0.341 e. The topological polar surface area (TPSA) is 54.7 Å². The molecular weight excluding hydrogens is 219 g/mol. The second kappa shape index (κ2) is 3.97. The summed E-state index contributed by atoms with van der Waals surface area (Å²) in [6.45, 7) is 0.235. The number of H-pyrrole nitrogens is 1. The fourth-order valence-corrected chi connectivity index (χ4v) is 1.30. The van der Waals surface area contributed by atoms with Crippen molar-refractivity contribution in [3.05, 3.63) is 41.5 Å². The number of nitrogens with zero attached hydrogens (tertiary/aromatic N) is 1. The van der Waals surface area contributed by atoms with E-state index in [0.717, 1.165) is 12.1 Å². The molecule has 0 saturated carbocycles. The number of aromatic amines is 1. The molecule has 2 aromatic rings. The van der Waals surface area contributed by atoms with Gasteiger partial charge < -0.3 is 10.7 Å². The molecule has 1 aromatic carbocycles. The van der Waals surface area contributed by atoms with Crippen LogP contribution in [0.4, 0.5) is 13.2 Å². The van der Waals surface area contributed by atoms with Gasteiger partial charge in [-0.1, -0.05) is 0 Å². The van der Waals surface area contributed by atoms with Gasteiger partial charge in [-0.3, -0.25) is 0 Å². The molecule has 0 aliphatic carbocycles. The second-order valence-electron chi connectivity index (χ2n) is 3.22. The van der Waals surface area contributed by atoms with E-state index in [0.29, 0.717) is 5.69 Å². The van der Waals surface area contributed by atoms with Gasteiger partial charge >= 0.3 is 0 Å². The summed E-state index contributed by atoms with van der Waals surface area (Å²) in [6, 6.07) is 1.75. The van der Waals surface area contributed by atoms with E-state index in [4.69, 9.17) is 5.73 Å². The third kappa shape index (κ3) is 1.79. The Kier molecular flexibility index (Phi) is 2.66. The molecule has 0 saturated heterocycles. The van der Waals surface area contributed by atoms with Crippen molar-refractivity contribution in [2.24, 2.45) is 5.73 Å². The minimum absolute atomic E-state index is 0.135. The third-order valence-corrected chi connectivity index (χ3v) is 2.11. The molecule has 3 nitrogen and oxygen atoms in total. The molecule has 0 amide bonds. The Morgan fingerprint density at radius 2 is 1.81 bits per heavy atom. The highest BCUT2D eigenvalue weighted by Gasteiger charge is 2.13. The maximum atomic E-state index is 12.9. The lowest BCUT2D eigenvalue weighted by atomic mass is 10.2. The Balaban J connectivity index is 2.48. The molecule has 2 rings (SSSR count). The quantitative estimate of drug-likeness (QED) is 0.770. The maximum absolute atomic E-state index is 12.9. The number of nitrogens with one attached hydrogen (secondary N) is 1. The molecule has 0 aliphatic heterocycles. The monoisotopic (exact) mass is 227 g/mol. The summed E-state index contributed by atoms with van der Waals surface area (Å²) in [4.78, 5) is 6.64. The van der Waals surface area contributed by atoms with E-state index >= 15 is 0 Å². The highest BCUT2D eigenvalue weighted by atomic mass is 19.2. The second-order valence-corrected chi connectivity index (χ2v) is 3.22. The molecule has 6 heteroatoms. The summed E-state index contributed by atoms with van der Waals surface area (Å²) in [7, 11) is 0. The van der Waals surface area contributed by atoms with Crippen molar-refractivity contribution in [3.63, 3.8) is 0 Å². The van der Waals surface area contributed by atoms with Crippen LogP contribution in [0, 0.1) is 17.5 Å². The lowest BCUT2D eigenvalue weighted by molar-refractivity contribution is 0.447. The summed E-state index contributed by atoms with van der Waals surface area (Å²) in [5.74, 6) is -3.74. The van der Waals surface area contributed by atoms with Crippen molar-refractivity contribution in [3.8, 4) is 11.4 Å². The SMILES string of the molecule is NCc1cnc(-c2cc(F)c(F)c(F)c2)[nH]1. The molecule has 0 bridgehead atoms. The van der Waals surface area contributed by atoms with E-state index in [-0.39, 0.29) is 17.9 Å². The molecule has 0 unspecified atom stereocenters. The Bertz CT molecular complexity index is 499. The van der Waals surface area contributed by atoms with Crippen LogP contribution >= 0.6 is 0 Å². The molecule has 0 fully saturated rings. The highest BCUT2D eigenvalue weighted by molar-refractivity contribution is 5.55. The first-order chi connectivity index (χ1) is 7.61. The zero-order valence-corrected chi connectivity index (χ0v) is 8.10. The van der Waals surface area contributed by atoms with Gasteiger partial charge in [0.15, 0.2) is 17.5 Å². The molecule has 1 heterocycles. The molecule has 1 aromatic heterocycles. The number of hydrogen-bond donors (Lipinski definition) is 2. The zero-order valence-electron chi connectivity index (χ0n) is 8.10. The van der Waals surface area contributed by atoms with Crippen molar-refractivity contribution in [2.75, 3.05) is 0 Å². The van der Waals surface area contributed by atoms with Crippen LogP contribution in [0.1, 0.15) is 5.69 Å². The Morgan fingerprint density at radius 1 is 1.19 bits per heavy atom. The van der Waals surface area contributed by atoms with E-state index in [2.05, 4.69) is 9.97 Å². The molecule has 0 atom stereocenters. The van der Waals surface area contributed by atoms with E-state index in [1.54, 1.807) is 0 Å². The summed E-state index contributed by atoms with van der Waals surface area (Å²) in [6.07, 6.45) is 1.45. The molecule has 0 radical (unpaired) electrons. The smallest absolute Gasteiger partial charge is 0.194 e. The summed E-state index contributed by atoms with van der Waals surface area (Å²) in [5.41, 5.74) is 6.11. The van der Waals surface area contributed by atoms with Crippen molar-refractivity contribution in [2.45, 2.75) is 6.54 Å². The van der Waals surface area contributed by atoms with E-state index in [9.17, 15) is 13.2 Å². The fraction of sp³-hybridized carbons (Fsp3) is 0.100. The van der Waals surface area contributed by atoms with E-state index in [1.807, 2.05) is 0 Å². The average molecular weight is 227 g/mol. The number of rotatable bonds is 2. The Hall–Kier alpha value is -1.82. The van der Waals surface area contributed by atoms with Gasteiger partial charge in [0, 0.05) is 24.0 Å². The van der Waals surface area contributed by atoms with Gasteiger partial charge in [-0.25, -0.2) is 18.2 Å². The minimum Gasteiger partial charge on any atom is -0.341 e. The van der Waals surface area contributed by atoms with Gasteiger partial charge in [0.1, 0.15) is 5.82 Å². The van der Waals surface area contributed by atoms with Gasteiger partial charge in [-0.2, -0.15) is 0 Å². The number of benzene rings is 1. The van der Waals surface area contributed by atoms with Crippen LogP contribution in [-0.2, 0) is 6.54 Å². The maximum Gasteiger partial charge on any atom is 0.194 e. The number of imidazole rings is 1. The van der Waals surface area contributed by atoms with Crippen molar-refractivity contribution in [1.82, 2.24) is 9.97 Å². The zero-order chi connectivity index (χ0) is 11.7. The van der Waals surface area contributed by atoms with Crippen molar-refractivity contribution in [1.29, 1.82) is 0 Å². The van der Waals surface area contributed by atoms with Gasteiger partial charge in [0.2, 0.25) is 0 Å². The highest BCUT2D eigenvalue weighted by Crippen LogP contribution is 2.21. The van der Waals surface area contributed by atoms with Gasteiger partial charge in [-0.15, -0.1) is 0 Å². The first-order valence-electron chi connectivity index (χ1n) is 4.50. The lowest BCUT2D eigenvalue weighted by Crippen LogP contribution is -1.96. The number of halogens is 3. The number of nitrogens with two attached hydrogens (primary N) is 1. The molecular formula is C10H8F3N3. The first kappa shape index (κ1) is 10.7. The number of aromatic nitrogens is 2. The van der Waals surface area contributed by atoms with Crippen LogP contribution in [0.3, 0.4) is 0 Å². The molecule has 84 valence electrons. The van der Waals surface area contributed by atoms with Crippen LogP contribution in [0.5, 0.6) is 0 Å². The summed E-state index contributed by atoms with van der Waals surface area (Å²) < 4.78 is 38.6. The van der Waals surface area contributed by atoms with Crippen LogP contribution in [0.25, 0.3) is 11.4 Å². The van der Waals surface area contributed by atoms with E-state index in [1.165, 1.54) is 6.20 Å². The molecule has 3 N–H and O–H groups in total. The Morgan fingerprint density at radius 3 is 2.31 bits per heavy atom. The third-order valence-electron chi connectivity index (χ3n) is 2.11. The fourth-order valence-electron chi connectivity index (χ4n) is 1.30. The summed E-state index contributed by atoms with van der Waals surface area (Å²) >= 11 is 0. The minimum atomic E-state index is -1.49. The first-order valence-corrected chi connectivity index (χ1v) is 4.50.